The fourth-order valence-electron chi connectivity index (χ4n) is 0.434. The Kier molecular flexibility index (Phi) is 6.21. The molecule has 0 aliphatic carbocycles. The highest BCUT2D eigenvalue weighted by Gasteiger charge is 2.09. The van der Waals surface area contributed by atoms with E-state index in [-0.39, 0.29) is 25.1 Å². The molecule has 0 spiro atoms. The van der Waals surface area contributed by atoms with E-state index in [0.29, 0.717) is 0 Å². The smallest absolute Gasteiger partial charge is 0.0878 e. The minimum Gasteiger partial charge on any atom is -0.396 e. The average Bonchev–Trinajstić information content (AvgIpc) is 1.99. The highest BCUT2D eigenvalue weighted by Crippen LogP contribution is 2.13. The molecule has 0 aliphatic rings. The maximum Gasteiger partial charge on any atom is 0.0878 e. The van der Waals surface area contributed by atoms with Gasteiger partial charge in [0.05, 0.1) is 26.3 Å². The van der Waals surface area contributed by atoms with Gasteiger partial charge in [-0.15, -0.1) is 0 Å². The van der Waals surface area contributed by atoms with Crippen molar-refractivity contribution in [2.75, 3.05) is 19.8 Å². The van der Waals surface area contributed by atoms with E-state index in [1.807, 2.05) is 0 Å². The highest BCUT2D eigenvalue weighted by molar-refractivity contribution is 8.01. The molecule has 0 aromatic heterocycles. The Bertz CT molecular complexity index is 79.3. The van der Waals surface area contributed by atoms with E-state index in [0.717, 1.165) is 0 Å². The quantitative estimate of drug-likeness (QED) is 0.433. The molecule has 10 heavy (non-hydrogen) atoms. The Balaban J connectivity index is 3.41. The van der Waals surface area contributed by atoms with Crippen LogP contribution in [0.25, 0.3) is 0 Å². The van der Waals surface area contributed by atoms with Gasteiger partial charge >= 0.3 is 0 Å². The molecular weight excluding hydrogens is 151 g/mol. The summed E-state index contributed by atoms with van der Waals surface area (Å²) in [5.41, 5.74) is 0. The average molecular weight is 162 g/mol. The summed E-state index contributed by atoms with van der Waals surface area (Å²) in [5, 5.41) is 24.9. The zero-order valence-corrected chi connectivity index (χ0v) is 6.42. The van der Waals surface area contributed by atoms with Crippen LogP contribution in [0.2, 0.25) is 0 Å². The van der Waals surface area contributed by atoms with Crippen molar-refractivity contribution in [1.82, 2.24) is 0 Å². The molecule has 0 saturated heterocycles. The van der Waals surface area contributed by atoms with E-state index < -0.39 is 5.15 Å². The van der Waals surface area contributed by atoms with Gasteiger partial charge in [-0.25, -0.2) is 0 Å². The van der Waals surface area contributed by atoms with Crippen molar-refractivity contribution >= 4 is 19.6 Å². The van der Waals surface area contributed by atoms with Crippen LogP contribution in [0.3, 0.4) is 0 Å². The van der Waals surface area contributed by atoms with Crippen molar-refractivity contribution in [3.8, 4) is 0 Å². The lowest BCUT2D eigenvalue weighted by atomic mass is 10.1. The third-order valence-corrected chi connectivity index (χ3v) is 2.14. The van der Waals surface area contributed by atoms with Gasteiger partial charge in [0.15, 0.2) is 0 Å². The van der Waals surface area contributed by atoms with E-state index in [1.54, 1.807) is 0 Å². The fraction of sp³-hybridized carbons (Fsp3) is 1.00. The van der Waals surface area contributed by atoms with E-state index in [4.69, 9.17) is 23.2 Å². The van der Waals surface area contributed by atoms with E-state index >= 15 is 0 Å². The number of rotatable bonds is 5. The van der Waals surface area contributed by atoms with Crippen LogP contribution in [0.15, 0.2) is 0 Å². The number of thioether (sulfide) groups is 1. The van der Waals surface area contributed by atoms with E-state index in [1.165, 1.54) is 11.8 Å². The third kappa shape index (κ3) is 4.16. The summed E-state index contributed by atoms with van der Waals surface area (Å²) in [4.78, 5) is 0. The fourth-order valence-corrected chi connectivity index (χ4v) is 1.19. The van der Waals surface area contributed by atoms with Crippen molar-refractivity contribution in [2.24, 2.45) is 0 Å². The van der Waals surface area contributed by atoms with Gasteiger partial charge in [0.2, 0.25) is 0 Å². The Hall–Kier alpha value is 0.295. The van der Waals surface area contributed by atoms with Gasteiger partial charge in [-0.2, -0.15) is 11.8 Å². The van der Waals surface area contributed by atoms with Crippen LogP contribution in [-0.2, 0) is 0 Å². The van der Waals surface area contributed by atoms with Crippen LogP contribution in [0.1, 0.15) is 0 Å². The van der Waals surface area contributed by atoms with Gasteiger partial charge in [-0.3, -0.25) is 0 Å². The summed E-state index contributed by atoms with van der Waals surface area (Å²) in [6.45, 7) is -0.370. The highest BCUT2D eigenvalue weighted by atomic mass is 32.2. The molecule has 0 bridgehead atoms. The summed E-state index contributed by atoms with van der Waals surface area (Å²) >= 11 is 1.17. The second-order valence-electron chi connectivity index (χ2n) is 1.84. The van der Waals surface area contributed by atoms with Crippen molar-refractivity contribution < 1.29 is 15.3 Å². The molecular formula is C5H11BO3S. The Labute approximate surface area is 65.9 Å². The summed E-state index contributed by atoms with van der Waals surface area (Å²) in [5.74, 6) is 0. The van der Waals surface area contributed by atoms with E-state index in [9.17, 15) is 0 Å². The predicted molar refractivity (Wildman–Crippen MR) is 42.2 cm³/mol. The van der Waals surface area contributed by atoms with Crippen LogP contribution in [0.4, 0.5) is 0 Å². The molecule has 0 saturated carbocycles. The van der Waals surface area contributed by atoms with Crippen molar-refractivity contribution in [3.05, 3.63) is 0 Å². The molecule has 0 aromatic rings. The maximum absolute atomic E-state index is 8.55. The molecule has 3 nitrogen and oxygen atoms in total. The monoisotopic (exact) mass is 162 g/mol. The van der Waals surface area contributed by atoms with Gasteiger partial charge in [-0.05, 0) is 5.15 Å². The summed E-state index contributed by atoms with van der Waals surface area (Å²) < 4.78 is 0. The van der Waals surface area contributed by atoms with Crippen LogP contribution in [-0.4, -0.2) is 53.4 Å². The molecule has 0 aliphatic heterocycles. The Morgan fingerprint density at radius 3 is 1.90 bits per heavy atom. The molecule has 5 heteroatoms. The van der Waals surface area contributed by atoms with Crippen molar-refractivity contribution in [2.45, 2.75) is 10.4 Å². The van der Waals surface area contributed by atoms with Gasteiger partial charge in [0.25, 0.3) is 0 Å². The topological polar surface area (TPSA) is 60.7 Å². The van der Waals surface area contributed by atoms with Crippen LogP contribution < -0.4 is 0 Å². The lowest BCUT2D eigenvalue weighted by molar-refractivity contribution is 0.228. The number of aliphatic hydroxyl groups excluding tert-OH is 3. The number of hydrogen-bond donors (Lipinski definition) is 3. The minimum absolute atomic E-state index is 0.116. The molecule has 1 atom stereocenters. The second-order valence-corrected chi connectivity index (χ2v) is 3.39. The van der Waals surface area contributed by atoms with Crippen LogP contribution in [0, 0.1) is 0 Å². The van der Waals surface area contributed by atoms with Crippen molar-refractivity contribution in [1.29, 1.82) is 0 Å². The third-order valence-electron chi connectivity index (χ3n) is 0.954. The van der Waals surface area contributed by atoms with Gasteiger partial charge < -0.3 is 15.3 Å². The minimum atomic E-state index is -0.413. The van der Waals surface area contributed by atoms with Crippen LogP contribution in [0.5, 0.6) is 0 Å². The maximum atomic E-state index is 8.55. The molecule has 0 amide bonds. The molecule has 1 unspecified atom stereocenters. The first-order valence-electron chi connectivity index (χ1n) is 2.98. The molecule has 3 N–H and O–H groups in total. The standard InChI is InChI=1S/C5H11BO3S/c6-5(3-9)10-4(1-7)2-8/h4-5,7-9H,1-3H2. The first kappa shape index (κ1) is 10.3. The lowest BCUT2D eigenvalue weighted by Crippen LogP contribution is -2.20. The summed E-state index contributed by atoms with van der Waals surface area (Å²) in [7, 11) is 5.32. The van der Waals surface area contributed by atoms with Gasteiger partial charge in [0.1, 0.15) is 0 Å². The second kappa shape index (κ2) is 6.03. The zero-order valence-electron chi connectivity index (χ0n) is 5.60. The SMILES string of the molecule is [B]C(CO)SC(CO)CO. The first-order valence-corrected chi connectivity index (χ1v) is 3.92. The Morgan fingerprint density at radius 1 is 1.10 bits per heavy atom. The van der Waals surface area contributed by atoms with Gasteiger partial charge in [-0.1, -0.05) is 0 Å². The number of aliphatic hydroxyl groups is 3. The molecule has 0 heterocycles. The summed E-state index contributed by atoms with van der Waals surface area (Å²) in [6, 6.07) is 0. The summed E-state index contributed by atoms with van der Waals surface area (Å²) in [6.07, 6.45) is 0. The first-order chi connectivity index (χ1) is 4.74. The molecule has 0 fully saturated rings. The van der Waals surface area contributed by atoms with Gasteiger partial charge in [0, 0.05) is 6.61 Å². The van der Waals surface area contributed by atoms with Crippen LogP contribution >= 0.6 is 11.8 Å². The predicted octanol–water partition coefficient (Wildman–Crippen LogP) is -1.44. The zero-order chi connectivity index (χ0) is 7.98. The normalized spacial score (nSPS) is 14.0. The largest absolute Gasteiger partial charge is 0.396 e. The molecule has 2 radical (unpaired) electrons. The Morgan fingerprint density at radius 2 is 1.60 bits per heavy atom. The van der Waals surface area contributed by atoms with Crippen molar-refractivity contribution in [3.63, 3.8) is 0 Å². The molecule has 58 valence electrons. The number of hydrogen-bond acceptors (Lipinski definition) is 4. The lowest BCUT2D eigenvalue weighted by Gasteiger charge is -2.14. The van der Waals surface area contributed by atoms with E-state index in [2.05, 4.69) is 0 Å². The molecule has 0 rings (SSSR count). The molecule has 0 aromatic carbocycles.